The number of hydrogen-bond donors (Lipinski definition) is 1. The highest BCUT2D eigenvalue weighted by molar-refractivity contribution is 5.35. The van der Waals surface area contributed by atoms with Gasteiger partial charge in [-0.15, -0.1) is 0 Å². The molecule has 0 saturated heterocycles. The number of benzene rings is 1. The molecule has 2 rings (SSSR count). The van der Waals surface area contributed by atoms with Crippen LogP contribution in [0.3, 0.4) is 0 Å². The van der Waals surface area contributed by atoms with Crippen LogP contribution in [0.25, 0.3) is 0 Å². The van der Waals surface area contributed by atoms with Crippen LogP contribution < -0.4 is 5.32 Å². The van der Waals surface area contributed by atoms with Gasteiger partial charge >= 0.3 is 0 Å². The highest BCUT2D eigenvalue weighted by Gasteiger charge is 2.35. The largest absolute Gasteiger partial charge is 0.376 e. The second-order valence-corrected chi connectivity index (χ2v) is 7.27. The van der Waals surface area contributed by atoms with E-state index in [4.69, 9.17) is 4.74 Å². The number of nitrogens with one attached hydrogen (secondary N) is 1. The predicted octanol–water partition coefficient (Wildman–Crippen LogP) is 4.67. The van der Waals surface area contributed by atoms with Crippen molar-refractivity contribution in [2.24, 2.45) is 5.41 Å². The van der Waals surface area contributed by atoms with Crippen molar-refractivity contribution in [2.45, 2.75) is 65.0 Å². The Labute approximate surface area is 130 Å². The average Bonchev–Trinajstić information content (AvgIpc) is 2.37. The minimum Gasteiger partial charge on any atom is -0.376 e. The SMILES string of the molecule is CCOC(C(NC)c1ccccc1C1CCC1)C(C)(C)C. The zero-order valence-corrected chi connectivity index (χ0v) is 14.3. The summed E-state index contributed by atoms with van der Waals surface area (Å²) in [6, 6.07) is 9.19. The molecule has 0 aromatic heterocycles. The fourth-order valence-electron chi connectivity index (χ4n) is 3.38. The molecule has 1 aromatic carbocycles. The summed E-state index contributed by atoms with van der Waals surface area (Å²) in [6.45, 7) is 9.64. The summed E-state index contributed by atoms with van der Waals surface area (Å²) in [5, 5.41) is 3.53. The molecule has 1 N–H and O–H groups in total. The molecule has 0 amide bonds. The Kier molecular flexibility index (Phi) is 5.45. The summed E-state index contributed by atoms with van der Waals surface area (Å²) in [5.74, 6) is 0.749. The van der Waals surface area contributed by atoms with Crippen LogP contribution in [-0.4, -0.2) is 19.8 Å². The Morgan fingerprint density at radius 1 is 1.24 bits per heavy atom. The molecule has 1 fully saturated rings. The first-order chi connectivity index (χ1) is 9.99. The molecule has 0 aliphatic heterocycles. The maximum Gasteiger partial charge on any atom is 0.0817 e. The average molecular weight is 289 g/mol. The van der Waals surface area contributed by atoms with Crippen molar-refractivity contribution in [2.75, 3.05) is 13.7 Å². The maximum atomic E-state index is 6.14. The van der Waals surface area contributed by atoms with E-state index in [1.807, 2.05) is 0 Å². The third-order valence-corrected chi connectivity index (χ3v) is 4.69. The van der Waals surface area contributed by atoms with Crippen LogP contribution in [0.4, 0.5) is 0 Å². The second kappa shape index (κ2) is 6.93. The van der Waals surface area contributed by atoms with Gasteiger partial charge in [0, 0.05) is 6.61 Å². The van der Waals surface area contributed by atoms with Gasteiger partial charge in [0.25, 0.3) is 0 Å². The quantitative estimate of drug-likeness (QED) is 0.822. The fourth-order valence-corrected chi connectivity index (χ4v) is 3.38. The molecule has 2 heteroatoms. The summed E-state index contributed by atoms with van der Waals surface area (Å²) >= 11 is 0. The maximum absolute atomic E-state index is 6.14. The lowest BCUT2D eigenvalue weighted by molar-refractivity contribution is -0.0353. The molecule has 2 atom stereocenters. The second-order valence-electron chi connectivity index (χ2n) is 7.27. The highest BCUT2D eigenvalue weighted by Crippen LogP contribution is 2.42. The Balaban J connectivity index is 2.35. The van der Waals surface area contributed by atoms with E-state index < -0.39 is 0 Å². The number of hydrogen-bond acceptors (Lipinski definition) is 2. The zero-order valence-electron chi connectivity index (χ0n) is 14.3. The molecular weight excluding hydrogens is 258 g/mol. The van der Waals surface area contributed by atoms with Crippen LogP contribution in [0.1, 0.15) is 70.0 Å². The van der Waals surface area contributed by atoms with Gasteiger partial charge in [-0.25, -0.2) is 0 Å². The van der Waals surface area contributed by atoms with E-state index in [2.05, 4.69) is 64.3 Å². The normalized spacial score (nSPS) is 19.1. The first-order valence-electron chi connectivity index (χ1n) is 8.36. The minimum atomic E-state index is 0.108. The summed E-state index contributed by atoms with van der Waals surface area (Å²) < 4.78 is 6.14. The van der Waals surface area contributed by atoms with Crippen LogP contribution in [0, 0.1) is 5.41 Å². The molecule has 1 saturated carbocycles. The van der Waals surface area contributed by atoms with Crippen LogP contribution in [0.2, 0.25) is 0 Å². The molecule has 21 heavy (non-hydrogen) atoms. The molecule has 0 radical (unpaired) electrons. The summed E-state index contributed by atoms with van der Waals surface area (Å²) in [5.41, 5.74) is 3.06. The van der Waals surface area contributed by atoms with Gasteiger partial charge in [-0.05, 0) is 49.3 Å². The van der Waals surface area contributed by atoms with E-state index in [1.54, 1.807) is 0 Å². The third kappa shape index (κ3) is 3.67. The minimum absolute atomic E-state index is 0.108. The molecule has 2 nitrogen and oxygen atoms in total. The molecule has 0 spiro atoms. The molecule has 1 aliphatic carbocycles. The highest BCUT2D eigenvalue weighted by atomic mass is 16.5. The molecule has 0 bridgehead atoms. The van der Waals surface area contributed by atoms with E-state index in [0.717, 1.165) is 12.5 Å². The number of rotatable bonds is 6. The number of ether oxygens (including phenoxy) is 1. The van der Waals surface area contributed by atoms with Gasteiger partial charge in [0.1, 0.15) is 0 Å². The van der Waals surface area contributed by atoms with Crippen LogP contribution in [-0.2, 0) is 4.74 Å². The Hall–Kier alpha value is -0.860. The van der Waals surface area contributed by atoms with E-state index in [1.165, 1.54) is 30.4 Å². The Morgan fingerprint density at radius 2 is 1.90 bits per heavy atom. The van der Waals surface area contributed by atoms with Crippen molar-refractivity contribution in [3.63, 3.8) is 0 Å². The molecule has 1 aromatic rings. The predicted molar refractivity (Wildman–Crippen MR) is 89.7 cm³/mol. The van der Waals surface area contributed by atoms with Gasteiger partial charge < -0.3 is 10.1 Å². The van der Waals surface area contributed by atoms with Crippen LogP contribution >= 0.6 is 0 Å². The first kappa shape index (κ1) is 16.5. The first-order valence-corrected chi connectivity index (χ1v) is 8.36. The van der Waals surface area contributed by atoms with Gasteiger partial charge in [0.15, 0.2) is 0 Å². The lowest BCUT2D eigenvalue weighted by Gasteiger charge is -2.39. The summed E-state index contributed by atoms with van der Waals surface area (Å²) in [4.78, 5) is 0. The van der Waals surface area contributed by atoms with Gasteiger partial charge in [0.2, 0.25) is 0 Å². The molecule has 0 heterocycles. The standard InChI is InChI=1S/C19H31NO/c1-6-21-18(19(2,3)4)17(20-5)16-13-8-7-12-15(16)14-10-9-11-14/h7-8,12-14,17-18,20H,6,9-11H2,1-5H3. The van der Waals surface area contributed by atoms with Crippen LogP contribution in [0.5, 0.6) is 0 Å². The Bertz CT molecular complexity index is 445. The van der Waals surface area contributed by atoms with Crippen molar-refractivity contribution in [1.29, 1.82) is 0 Å². The topological polar surface area (TPSA) is 21.3 Å². The molecule has 118 valence electrons. The molecule has 2 unspecified atom stereocenters. The molecular formula is C19H31NO. The third-order valence-electron chi connectivity index (χ3n) is 4.69. The van der Waals surface area contributed by atoms with Crippen molar-refractivity contribution >= 4 is 0 Å². The van der Waals surface area contributed by atoms with E-state index >= 15 is 0 Å². The fraction of sp³-hybridized carbons (Fsp3) is 0.684. The lowest BCUT2D eigenvalue weighted by Crippen LogP contribution is -2.41. The zero-order chi connectivity index (χ0) is 15.5. The van der Waals surface area contributed by atoms with Crippen molar-refractivity contribution < 1.29 is 4.74 Å². The van der Waals surface area contributed by atoms with Crippen LogP contribution in [0.15, 0.2) is 24.3 Å². The lowest BCUT2D eigenvalue weighted by atomic mass is 9.74. The van der Waals surface area contributed by atoms with Gasteiger partial charge in [-0.2, -0.15) is 0 Å². The van der Waals surface area contributed by atoms with E-state index in [0.29, 0.717) is 0 Å². The van der Waals surface area contributed by atoms with Gasteiger partial charge in [-0.1, -0.05) is 51.5 Å². The van der Waals surface area contributed by atoms with Gasteiger partial charge in [0.05, 0.1) is 12.1 Å². The van der Waals surface area contributed by atoms with E-state index in [-0.39, 0.29) is 17.6 Å². The van der Waals surface area contributed by atoms with Crippen molar-refractivity contribution in [3.05, 3.63) is 35.4 Å². The van der Waals surface area contributed by atoms with Crippen molar-refractivity contribution in [1.82, 2.24) is 5.32 Å². The Morgan fingerprint density at radius 3 is 2.38 bits per heavy atom. The monoisotopic (exact) mass is 289 g/mol. The van der Waals surface area contributed by atoms with Crippen molar-refractivity contribution in [3.8, 4) is 0 Å². The smallest absolute Gasteiger partial charge is 0.0817 e. The summed E-state index contributed by atoms with van der Waals surface area (Å²) in [6.07, 6.45) is 4.22. The van der Waals surface area contributed by atoms with E-state index in [9.17, 15) is 0 Å². The summed E-state index contributed by atoms with van der Waals surface area (Å²) in [7, 11) is 2.06. The number of likely N-dealkylation sites (N-methyl/N-ethyl adjacent to an activating group) is 1. The molecule has 1 aliphatic rings. The van der Waals surface area contributed by atoms with Gasteiger partial charge in [-0.3, -0.25) is 0 Å².